The fourth-order valence-corrected chi connectivity index (χ4v) is 4.82. The standard InChI is InChI=1S/C23H28FN5O/c1-30-19-6-7-22(24)20(14-19)21-15-25-29-11-8-17(26-23(21)29)4-2-9-27-12-13-28-10-3-5-18(28)16-27/h6-8,11,14-15,18H,2-5,9-10,12-13,16H2,1H3/t18-/m0/s1. The lowest BCUT2D eigenvalue weighted by Gasteiger charge is -2.37. The molecule has 3 aromatic rings. The number of benzene rings is 1. The average molecular weight is 410 g/mol. The SMILES string of the molecule is COc1ccc(F)c(-c2cnn3ccc(CCCN4CCN5CCC[C@H]5C4)nc23)c1. The van der Waals surface area contributed by atoms with Crippen LogP contribution in [0.1, 0.15) is 25.0 Å². The number of ether oxygens (including phenoxy) is 1. The van der Waals surface area contributed by atoms with Gasteiger partial charge in [0.15, 0.2) is 5.65 Å². The Morgan fingerprint density at radius 2 is 2.10 bits per heavy atom. The molecule has 0 unspecified atom stereocenters. The van der Waals surface area contributed by atoms with Crippen LogP contribution in [0, 0.1) is 5.82 Å². The second-order valence-corrected chi connectivity index (χ2v) is 8.33. The summed E-state index contributed by atoms with van der Waals surface area (Å²) >= 11 is 0. The largest absolute Gasteiger partial charge is 0.497 e. The summed E-state index contributed by atoms with van der Waals surface area (Å²) in [5, 5.41) is 4.35. The van der Waals surface area contributed by atoms with Gasteiger partial charge in [0.05, 0.1) is 13.3 Å². The minimum atomic E-state index is -0.302. The Kier molecular flexibility index (Phi) is 5.39. The fourth-order valence-electron chi connectivity index (χ4n) is 4.82. The van der Waals surface area contributed by atoms with Crippen LogP contribution in [0.5, 0.6) is 5.75 Å². The van der Waals surface area contributed by atoms with Crippen LogP contribution in [0.15, 0.2) is 36.7 Å². The van der Waals surface area contributed by atoms with E-state index in [1.54, 1.807) is 30.0 Å². The van der Waals surface area contributed by atoms with Crippen LogP contribution in [0.3, 0.4) is 0 Å². The Balaban J connectivity index is 1.29. The summed E-state index contributed by atoms with van der Waals surface area (Å²) in [6.07, 6.45) is 8.27. The van der Waals surface area contributed by atoms with Crippen LogP contribution < -0.4 is 4.74 Å². The molecule has 0 spiro atoms. The summed E-state index contributed by atoms with van der Waals surface area (Å²) in [5.41, 5.74) is 2.85. The molecule has 2 saturated heterocycles. The van der Waals surface area contributed by atoms with E-state index in [0.717, 1.165) is 31.1 Å². The van der Waals surface area contributed by atoms with Crippen LogP contribution >= 0.6 is 0 Å². The van der Waals surface area contributed by atoms with E-state index in [0.29, 0.717) is 22.5 Å². The Hall–Kier alpha value is -2.51. The highest BCUT2D eigenvalue weighted by atomic mass is 19.1. The quantitative estimate of drug-likeness (QED) is 0.625. The lowest BCUT2D eigenvalue weighted by Crippen LogP contribution is -2.50. The van der Waals surface area contributed by atoms with Crippen molar-refractivity contribution >= 4 is 5.65 Å². The normalized spacial score (nSPS) is 20.0. The molecule has 4 heterocycles. The van der Waals surface area contributed by atoms with Gasteiger partial charge in [-0.15, -0.1) is 0 Å². The maximum Gasteiger partial charge on any atom is 0.163 e. The molecule has 0 bridgehead atoms. The van der Waals surface area contributed by atoms with Gasteiger partial charge >= 0.3 is 0 Å². The number of aryl methyl sites for hydroxylation is 1. The van der Waals surface area contributed by atoms with Crippen molar-refractivity contribution in [3.05, 3.63) is 48.2 Å². The average Bonchev–Trinajstić information content (AvgIpc) is 3.40. The third-order valence-corrected chi connectivity index (χ3v) is 6.47. The van der Waals surface area contributed by atoms with Gasteiger partial charge in [-0.1, -0.05) is 0 Å². The molecular formula is C23H28FN5O. The van der Waals surface area contributed by atoms with E-state index in [9.17, 15) is 4.39 Å². The molecule has 30 heavy (non-hydrogen) atoms. The van der Waals surface area contributed by atoms with Gasteiger partial charge in [0, 0.05) is 48.7 Å². The van der Waals surface area contributed by atoms with Crippen LogP contribution in [0.25, 0.3) is 16.8 Å². The Labute approximate surface area is 176 Å². The minimum absolute atomic E-state index is 0.302. The zero-order valence-corrected chi connectivity index (χ0v) is 17.4. The lowest BCUT2D eigenvalue weighted by atomic mass is 10.1. The lowest BCUT2D eigenvalue weighted by molar-refractivity contribution is 0.104. The third-order valence-electron chi connectivity index (χ3n) is 6.47. The first-order chi connectivity index (χ1) is 14.7. The van der Waals surface area contributed by atoms with Gasteiger partial charge in [0.25, 0.3) is 0 Å². The van der Waals surface area contributed by atoms with Gasteiger partial charge in [-0.3, -0.25) is 4.90 Å². The maximum atomic E-state index is 14.5. The molecule has 2 aliphatic rings. The van der Waals surface area contributed by atoms with Gasteiger partial charge < -0.3 is 9.64 Å². The highest BCUT2D eigenvalue weighted by molar-refractivity contribution is 5.78. The third kappa shape index (κ3) is 3.79. The van der Waals surface area contributed by atoms with Crippen molar-refractivity contribution in [3.63, 3.8) is 0 Å². The van der Waals surface area contributed by atoms with Crippen molar-refractivity contribution in [1.82, 2.24) is 24.4 Å². The van der Waals surface area contributed by atoms with Gasteiger partial charge in [0.2, 0.25) is 0 Å². The minimum Gasteiger partial charge on any atom is -0.497 e. The molecule has 2 aromatic heterocycles. The molecule has 1 atom stereocenters. The second-order valence-electron chi connectivity index (χ2n) is 8.33. The van der Waals surface area contributed by atoms with Crippen molar-refractivity contribution < 1.29 is 9.13 Å². The first kappa shape index (κ1) is 19.5. The highest BCUT2D eigenvalue weighted by Crippen LogP contribution is 2.29. The summed E-state index contributed by atoms with van der Waals surface area (Å²) in [7, 11) is 1.58. The number of hydrogen-bond acceptors (Lipinski definition) is 5. The monoisotopic (exact) mass is 409 g/mol. The molecule has 6 nitrogen and oxygen atoms in total. The summed E-state index contributed by atoms with van der Waals surface area (Å²) in [6, 6.07) is 7.52. The predicted molar refractivity (Wildman–Crippen MR) is 114 cm³/mol. The molecule has 0 aliphatic carbocycles. The molecule has 7 heteroatoms. The van der Waals surface area contributed by atoms with Gasteiger partial charge in [0.1, 0.15) is 11.6 Å². The summed E-state index contributed by atoms with van der Waals surface area (Å²) in [6.45, 7) is 5.97. The van der Waals surface area contributed by atoms with Crippen molar-refractivity contribution in [2.75, 3.05) is 39.8 Å². The van der Waals surface area contributed by atoms with Crippen LogP contribution in [-0.2, 0) is 6.42 Å². The Bertz CT molecular complexity index is 1040. The van der Waals surface area contributed by atoms with E-state index >= 15 is 0 Å². The number of methoxy groups -OCH3 is 1. The van der Waals surface area contributed by atoms with E-state index in [4.69, 9.17) is 9.72 Å². The molecule has 2 fully saturated rings. The highest BCUT2D eigenvalue weighted by Gasteiger charge is 2.30. The summed E-state index contributed by atoms with van der Waals surface area (Å²) in [5.74, 6) is 0.313. The molecule has 0 N–H and O–H groups in total. The van der Waals surface area contributed by atoms with Crippen molar-refractivity contribution in [2.24, 2.45) is 0 Å². The van der Waals surface area contributed by atoms with Gasteiger partial charge in [-0.25, -0.2) is 13.9 Å². The maximum absolute atomic E-state index is 14.5. The van der Waals surface area contributed by atoms with Crippen LogP contribution in [0.2, 0.25) is 0 Å². The zero-order valence-electron chi connectivity index (χ0n) is 17.4. The van der Waals surface area contributed by atoms with Crippen LogP contribution in [-0.4, -0.2) is 70.3 Å². The molecule has 158 valence electrons. The van der Waals surface area contributed by atoms with Crippen LogP contribution in [0.4, 0.5) is 4.39 Å². The van der Waals surface area contributed by atoms with Crippen molar-refractivity contribution in [1.29, 1.82) is 0 Å². The van der Waals surface area contributed by atoms with Crippen molar-refractivity contribution in [3.8, 4) is 16.9 Å². The number of halogens is 1. The number of nitrogens with zero attached hydrogens (tertiary/aromatic N) is 5. The molecule has 0 saturated carbocycles. The molecule has 0 amide bonds. The summed E-state index contributed by atoms with van der Waals surface area (Å²) < 4.78 is 21.4. The van der Waals surface area contributed by atoms with Gasteiger partial charge in [-0.05, 0) is 63.0 Å². The number of piperazine rings is 1. The predicted octanol–water partition coefficient (Wildman–Crippen LogP) is 3.26. The number of aromatic nitrogens is 3. The zero-order chi connectivity index (χ0) is 20.5. The molecule has 5 rings (SSSR count). The van der Waals surface area contributed by atoms with Gasteiger partial charge in [-0.2, -0.15) is 5.10 Å². The van der Waals surface area contributed by atoms with E-state index in [1.165, 1.54) is 45.1 Å². The molecule has 2 aliphatic heterocycles. The Morgan fingerprint density at radius 1 is 1.17 bits per heavy atom. The first-order valence-corrected chi connectivity index (χ1v) is 10.8. The molecule has 0 radical (unpaired) electrons. The second kappa shape index (κ2) is 8.32. The number of fused-ring (bicyclic) bond motifs is 2. The first-order valence-electron chi connectivity index (χ1n) is 10.8. The number of rotatable bonds is 6. The van der Waals surface area contributed by atoms with E-state index in [-0.39, 0.29) is 5.82 Å². The van der Waals surface area contributed by atoms with E-state index in [1.807, 2.05) is 12.3 Å². The smallest absolute Gasteiger partial charge is 0.163 e. The Morgan fingerprint density at radius 3 is 3.00 bits per heavy atom. The molecule has 1 aromatic carbocycles. The molecular weight excluding hydrogens is 381 g/mol. The fraction of sp³-hybridized carbons (Fsp3) is 0.478. The van der Waals surface area contributed by atoms with E-state index in [2.05, 4.69) is 14.9 Å². The van der Waals surface area contributed by atoms with Crippen molar-refractivity contribution in [2.45, 2.75) is 31.7 Å². The summed E-state index contributed by atoms with van der Waals surface area (Å²) in [4.78, 5) is 10.1. The number of hydrogen-bond donors (Lipinski definition) is 0. The topological polar surface area (TPSA) is 45.9 Å². The van der Waals surface area contributed by atoms with E-state index < -0.39 is 0 Å².